The highest BCUT2D eigenvalue weighted by atomic mass is 35.5. The van der Waals surface area contributed by atoms with Gasteiger partial charge in [-0.15, -0.1) is 11.3 Å². The fraction of sp³-hybridized carbons (Fsp3) is 0.615. The number of rotatable bonds is 6. The second kappa shape index (κ2) is 6.70. The Bertz CT molecular complexity index is 437. The molecular formula is C13H18ClNO3S. The average molecular weight is 304 g/mol. The minimum atomic E-state index is -0.771. The van der Waals surface area contributed by atoms with Crippen LogP contribution in [0.4, 0.5) is 0 Å². The Balaban J connectivity index is 2.08. The molecule has 1 aromatic heterocycles. The number of ether oxygens (including phenoxy) is 1. The Morgan fingerprint density at radius 1 is 1.63 bits per heavy atom. The summed E-state index contributed by atoms with van der Waals surface area (Å²) in [5.74, 6) is -1.20. The predicted molar refractivity (Wildman–Crippen MR) is 75.8 cm³/mol. The van der Waals surface area contributed by atoms with Crippen molar-refractivity contribution in [2.75, 3.05) is 19.8 Å². The molecule has 0 saturated carbocycles. The summed E-state index contributed by atoms with van der Waals surface area (Å²) in [6, 6.07) is 1.90. The Morgan fingerprint density at radius 3 is 3.00 bits per heavy atom. The van der Waals surface area contributed by atoms with E-state index in [0.29, 0.717) is 13.2 Å². The van der Waals surface area contributed by atoms with Gasteiger partial charge in [0.15, 0.2) is 0 Å². The topological polar surface area (TPSA) is 49.8 Å². The first-order valence-corrected chi connectivity index (χ1v) is 7.65. The molecule has 0 aromatic carbocycles. The first-order valence-electron chi connectivity index (χ1n) is 6.39. The van der Waals surface area contributed by atoms with Crippen LogP contribution in [0.1, 0.15) is 18.2 Å². The summed E-state index contributed by atoms with van der Waals surface area (Å²) in [5.41, 5.74) is 0. The second-order valence-electron chi connectivity index (χ2n) is 4.75. The number of hydrogen-bond donors (Lipinski definition) is 1. The first kappa shape index (κ1) is 14.8. The molecule has 2 heterocycles. The number of thiophene rings is 1. The van der Waals surface area contributed by atoms with E-state index in [4.69, 9.17) is 16.3 Å². The van der Waals surface area contributed by atoms with Crippen molar-refractivity contribution in [1.82, 2.24) is 4.90 Å². The molecule has 1 saturated heterocycles. The van der Waals surface area contributed by atoms with E-state index in [1.54, 1.807) is 11.3 Å². The van der Waals surface area contributed by atoms with Gasteiger partial charge in [0.2, 0.25) is 0 Å². The lowest BCUT2D eigenvalue weighted by atomic mass is 10.0. The monoisotopic (exact) mass is 303 g/mol. The van der Waals surface area contributed by atoms with E-state index in [1.165, 1.54) is 0 Å². The van der Waals surface area contributed by atoms with Gasteiger partial charge in [-0.25, -0.2) is 0 Å². The van der Waals surface area contributed by atoms with Gasteiger partial charge in [-0.1, -0.05) is 18.5 Å². The van der Waals surface area contributed by atoms with E-state index in [9.17, 15) is 9.90 Å². The molecule has 4 nitrogen and oxygen atoms in total. The standard InChI is InChI=1S/C13H18ClNO3S/c1-2-3-15(5-10-4-9(14)8-19-10)12-7-18-6-11(12)13(16)17/h4,8,11-12H,2-3,5-7H2,1H3,(H,16,17). The van der Waals surface area contributed by atoms with Crippen LogP contribution in [0, 0.1) is 5.92 Å². The van der Waals surface area contributed by atoms with Gasteiger partial charge in [0.05, 0.1) is 24.2 Å². The van der Waals surface area contributed by atoms with Gasteiger partial charge in [0.1, 0.15) is 0 Å². The normalized spacial score (nSPS) is 23.1. The van der Waals surface area contributed by atoms with E-state index in [0.717, 1.165) is 29.4 Å². The molecular weight excluding hydrogens is 286 g/mol. The Labute approximate surface area is 121 Å². The number of carbonyl (C=O) groups is 1. The van der Waals surface area contributed by atoms with Crippen LogP contribution >= 0.6 is 22.9 Å². The molecule has 0 bridgehead atoms. The molecule has 1 aliphatic heterocycles. The Hall–Kier alpha value is -0.620. The molecule has 19 heavy (non-hydrogen) atoms. The van der Waals surface area contributed by atoms with E-state index >= 15 is 0 Å². The van der Waals surface area contributed by atoms with Crippen LogP contribution in [0.15, 0.2) is 11.4 Å². The smallest absolute Gasteiger partial charge is 0.310 e. The lowest BCUT2D eigenvalue weighted by Crippen LogP contribution is -2.43. The second-order valence-corrected chi connectivity index (χ2v) is 6.18. The summed E-state index contributed by atoms with van der Waals surface area (Å²) >= 11 is 7.54. The lowest BCUT2D eigenvalue weighted by Gasteiger charge is -2.29. The summed E-state index contributed by atoms with van der Waals surface area (Å²) in [6.45, 7) is 4.51. The number of aliphatic carboxylic acids is 1. The van der Waals surface area contributed by atoms with Crippen molar-refractivity contribution >= 4 is 28.9 Å². The minimum Gasteiger partial charge on any atom is -0.481 e. The summed E-state index contributed by atoms with van der Waals surface area (Å²) in [5, 5.41) is 11.9. The third-order valence-electron chi connectivity index (χ3n) is 3.33. The third kappa shape index (κ3) is 3.69. The van der Waals surface area contributed by atoms with Crippen LogP contribution in [-0.4, -0.2) is 41.8 Å². The molecule has 1 aliphatic rings. The molecule has 2 unspecified atom stereocenters. The summed E-state index contributed by atoms with van der Waals surface area (Å²) < 4.78 is 5.36. The lowest BCUT2D eigenvalue weighted by molar-refractivity contribution is -0.143. The van der Waals surface area contributed by atoms with Crippen molar-refractivity contribution in [3.8, 4) is 0 Å². The summed E-state index contributed by atoms with van der Waals surface area (Å²) in [4.78, 5) is 14.6. The van der Waals surface area contributed by atoms with Gasteiger partial charge >= 0.3 is 5.97 Å². The SMILES string of the molecule is CCCN(Cc1cc(Cl)cs1)C1COCC1C(=O)O. The van der Waals surface area contributed by atoms with Gasteiger partial charge < -0.3 is 9.84 Å². The van der Waals surface area contributed by atoms with Crippen molar-refractivity contribution in [2.45, 2.75) is 25.9 Å². The zero-order chi connectivity index (χ0) is 13.8. The van der Waals surface area contributed by atoms with Crippen molar-refractivity contribution in [2.24, 2.45) is 5.92 Å². The molecule has 1 aromatic rings. The highest BCUT2D eigenvalue weighted by Gasteiger charge is 2.37. The zero-order valence-electron chi connectivity index (χ0n) is 10.8. The average Bonchev–Trinajstić information content (AvgIpc) is 2.97. The van der Waals surface area contributed by atoms with Crippen molar-refractivity contribution in [3.63, 3.8) is 0 Å². The largest absolute Gasteiger partial charge is 0.481 e. The van der Waals surface area contributed by atoms with Gasteiger partial charge in [0, 0.05) is 22.8 Å². The predicted octanol–water partition coefficient (Wildman–Crippen LogP) is 2.71. The first-order chi connectivity index (χ1) is 9.11. The van der Waals surface area contributed by atoms with Gasteiger partial charge in [-0.05, 0) is 19.0 Å². The summed E-state index contributed by atoms with van der Waals surface area (Å²) in [7, 11) is 0. The van der Waals surface area contributed by atoms with Crippen LogP contribution in [-0.2, 0) is 16.1 Å². The van der Waals surface area contributed by atoms with Gasteiger partial charge in [-0.3, -0.25) is 9.69 Å². The summed E-state index contributed by atoms with van der Waals surface area (Å²) in [6.07, 6.45) is 0.988. The maximum absolute atomic E-state index is 11.3. The van der Waals surface area contributed by atoms with Crippen LogP contribution in [0.2, 0.25) is 5.02 Å². The quantitative estimate of drug-likeness (QED) is 0.878. The third-order valence-corrected chi connectivity index (χ3v) is 4.60. The minimum absolute atomic E-state index is 0.0432. The molecule has 1 fully saturated rings. The highest BCUT2D eigenvalue weighted by Crippen LogP contribution is 2.26. The van der Waals surface area contributed by atoms with E-state index in [1.807, 2.05) is 11.4 Å². The Kier molecular flexibility index (Phi) is 5.21. The molecule has 2 atom stereocenters. The van der Waals surface area contributed by atoms with Crippen molar-refractivity contribution in [3.05, 3.63) is 21.3 Å². The van der Waals surface area contributed by atoms with E-state index in [2.05, 4.69) is 11.8 Å². The highest BCUT2D eigenvalue weighted by molar-refractivity contribution is 7.10. The fourth-order valence-electron chi connectivity index (χ4n) is 2.42. The maximum atomic E-state index is 11.3. The van der Waals surface area contributed by atoms with Crippen LogP contribution in [0.25, 0.3) is 0 Å². The Morgan fingerprint density at radius 2 is 2.42 bits per heavy atom. The molecule has 6 heteroatoms. The maximum Gasteiger partial charge on any atom is 0.310 e. The molecule has 0 spiro atoms. The molecule has 0 radical (unpaired) electrons. The number of carboxylic acids is 1. The van der Waals surface area contributed by atoms with E-state index in [-0.39, 0.29) is 6.04 Å². The molecule has 106 valence electrons. The van der Waals surface area contributed by atoms with Crippen LogP contribution in [0.3, 0.4) is 0 Å². The zero-order valence-corrected chi connectivity index (χ0v) is 12.4. The van der Waals surface area contributed by atoms with Crippen LogP contribution in [0.5, 0.6) is 0 Å². The molecule has 1 N–H and O–H groups in total. The fourth-order valence-corrected chi connectivity index (χ4v) is 3.52. The number of nitrogens with zero attached hydrogens (tertiary/aromatic N) is 1. The number of halogens is 1. The number of carboxylic acid groups (broad SMARTS) is 1. The molecule has 0 aliphatic carbocycles. The molecule has 0 amide bonds. The van der Waals surface area contributed by atoms with Gasteiger partial charge in [-0.2, -0.15) is 0 Å². The van der Waals surface area contributed by atoms with Crippen molar-refractivity contribution < 1.29 is 14.6 Å². The van der Waals surface area contributed by atoms with Crippen molar-refractivity contribution in [1.29, 1.82) is 0 Å². The number of hydrogen-bond acceptors (Lipinski definition) is 4. The van der Waals surface area contributed by atoms with E-state index < -0.39 is 11.9 Å². The van der Waals surface area contributed by atoms with Gasteiger partial charge in [0.25, 0.3) is 0 Å². The molecule has 2 rings (SSSR count). The van der Waals surface area contributed by atoms with Crippen LogP contribution < -0.4 is 0 Å².